The Balaban J connectivity index is 2.64. The van der Waals surface area contributed by atoms with E-state index in [4.69, 9.17) is 17.3 Å². The van der Waals surface area contributed by atoms with E-state index in [1.54, 1.807) is 24.3 Å². The van der Waals surface area contributed by atoms with Crippen molar-refractivity contribution >= 4 is 17.5 Å². The summed E-state index contributed by atoms with van der Waals surface area (Å²) in [5.41, 5.74) is 5.86. The van der Waals surface area contributed by atoms with Gasteiger partial charge in [0, 0.05) is 18.1 Å². The van der Waals surface area contributed by atoms with Crippen molar-refractivity contribution in [1.29, 1.82) is 0 Å². The third-order valence-corrected chi connectivity index (χ3v) is 4.15. The number of hydrogen-bond acceptors (Lipinski definition) is 3. The largest absolute Gasteiger partial charge is 0.387 e. The number of carbonyl (C=O) groups excluding carboxylic acids is 1. The minimum absolute atomic E-state index is 0.105. The molecule has 1 rings (SSSR count). The van der Waals surface area contributed by atoms with Crippen molar-refractivity contribution in [2.24, 2.45) is 11.1 Å². The molecule has 0 aliphatic carbocycles. The van der Waals surface area contributed by atoms with Crippen LogP contribution in [0.5, 0.6) is 0 Å². The lowest BCUT2D eigenvalue weighted by Crippen LogP contribution is -2.46. The highest BCUT2D eigenvalue weighted by molar-refractivity contribution is 6.30. The molecular formula is C15H23ClN2O2. The van der Waals surface area contributed by atoms with Gasteiger partial charge in [-0.3, -0.25) is 4.79 Å². The normalized spacial score (nSPS) is 13.1. The molecule has 1 aromatic rings. The zero-order valence-electron chi connectivity index (χ0n) is 12.0. The number of amides is 1. The quantitative estimate of drug-likeness (QED) is 0.723. The number of nitrogens with two attached hydrogens (primary N) is 1. The standard InChI is InChI=1S/C15H23ClN2O2/c1-3-15(4-2,10-17)14(20)18-9-13(19)11-6-5-7-12(16)8-11/h5-8,13,19H,3-4,9-10,17H2,1-2H3,(H,18,20). The first-order valence-corrected chi connectivity index (χ1v) is 7.28. The van der Waals surface area contributed by atoms with E-state index in [1.807, 2.05) is 13.8 Å². The summed E-state index contributed by atoms with van der Waals surface area (Å²) in [6.45, 7) is 4.35. The number of nitrogens with one attached hydrogen (secondary N) is 1. The van der Waals surface area contributed by atoms with Crippen LogP contribution in [0.3, 0.4) is 0 Å². The van der Waals surface area contributed by atoms with Gasteiger partial charge in [-0.05, 0) is 30.5 Å². The van der Waals surface area contributed by atoms with Crippen LogP contribution in [-0.2, 0) is 4.79 Å². The molecule has 0 aliphatic rings. The third kappa shape index (κ3) is 3.95. The highest BCUT2D eigenvalue weighted by atomic mass is 35.5. The van der Waals surface area contributed by atoms with Crippen molar-refractivity contribution in [3.8, 4) is 0 Å². The van der Waals surface area contributed by atoms with Gasteiger partial charge in [0.2, 0.25) is 5.91 Å². The van der Waals surface area contributed by atoms with E-state index in [9.17, 15) is 9.90 Å². The summed E-state index contributed by atoms with van der Waals surface area (Å²) in [6, 6.07) is 6.97. The minimum atomic E-state index is -0.776. The second-order valence-corrected chi connectivity index (χ2v) is 5.41. The average molecular weight is 299 g/mol. The monoisotopic (exact) mass is 298 g/mol. The SMILES string of the molecule is CCC(CC)(CN)C(=O)NCC(O)c1cccc(Cl)c1. The topological polar surface area (TPSA) is 75.4 Å². The second kappa shape index (κ2) is 7.62. The lowest BCUT2D eigenvalue weighted by Gasteiger charge is -2.29. The van der Waals surface area contributed by atoms with Gasteiger partial charge in [-0.15, -0.1) is 0 Å². The molecule has 0 aliphatic heterocycles. The van der Waals surface area contributed by atoms with Crippen molar-refractivity contribution < 1.29 is 9.90 Å². The molecule has 1 unspecified atom stereocenters. The van der Waals surface area contributed by atoms with E-state index >= 15 is 0 Å². The highest BCUT2D eigenvalue weighted by Gasteiger charge is 2.33. The summed E-state index contributed by atoms with van der Waals surface area (Å²) in [5, 5.41) is 13.4. The van der Waals surface area contributed by atoms with Gasteiger partial charge in [-0.25, -0.2) is 0 Å². The lowest BCUT2D eigenvalue weighted by atomic mass is 9.81. The van der Waals surface area contributed by atoms with Gasteiger partial charge in [0.1, 0.15) is 0 Å². The molecule has 0 heterocycles. The molecule has 0 spiro atoms. The molecule has 4 N–H and O–H groups in total. The molecule has 20 heavy (non-hydrogen) atoms. The predicted molar refractivity (Wildman–Crippen MR) is 81.5 cm³/mol. The molecule has 0 saturated heterocycles. The van der Waals surface area contributed by atoms with Crippen molar-refractivity contribution in [1.82, 2.24) is 5.32 Å². The Labute approximate surface area is 125 Å². The van der Waals surface area contributed by atoms with Crippen LogP contribution in [0.2, 0.25) is 5.02 Å². The van der Waals surface area contributed by atoms with Crippen molar-refractivity contribution in [3.63, 3.8) is 0 Å². The Hall–Kier alpha value is -1.10. The molecule has 112 valence electrons. The molecule has 1 atom stereocenters. The van der Waals surface area contributed by atoms with Crippen molar-refractivity contribution in [2.75, 3.05) is 13.1 Å². The number of halogens is 1. The summed E-state index contributed by atoms with van der Waals surface area (Å²) in [7, 11) is 0. The molecule has 1 aromatic carbocycles. The van der Waals surface area contributed by atoms with Crippen molar-refractivity contribution in [3.05, 3.63) is 34.9 Å². The Morgan fingerprint density at radius 3 is 2.60 bits per heavy atom. The number of benzene rings is 1. The van der Waals surface area contributed by atoms with E-state index < -0.39 is 11.5 Å². The predicted octanol–water partition coefficient (Wildman–Crippen LogP) is 2.25. The van der Waals surface area contributed by atoms with Crippen LogP contribution in [0, 0.1) is 5.41 Å². The van der Waals surface area contributed by atoms with Gasteiger partial charge >= 0.3 is 0 Å². The van der Waals surface area contributed by atoms with E-state index in [-0.39, 0.29) is 12.5 Å². The fraction of sp³-hybridized carbons (Fsp3) is 0.533. The van der Waals surface area contributed by atoms with Crippen LogP contribution >= 0.6 is 11.6 Å². The van der Waals surface area contributed by atoms with Crippen LogP contribution in [0.4, 0.5) is 0 Å². The average Bonchev–Trinajstić information content (AvgIpc) is 2.47. The summed E-state index contributed by atoms with van der Waals surface area (Å²) in [4.78, 5) is 12.2. The maximum Gasteiger partial charge on any atom is 0.227 e. The van der Waals surface area contributed by atoms with Gasteiger partial charge < -0.3 is 16.2 Å². The lowest BCUT2D eigenvalue weighted by molar-refractivity contribution is -0.131. The van der Waals surface area contributed by atoms with Crippen molar-refractivity contribution in [2.45, 2.75) is 32.8 Å². The molecule has 0 radical (unpaired) electrons. The van der Waals surface area contributed by atoms with E-state index in [0.29, 0.717) is 30.0 Å². The number of rotatable bonds is 7. The molecule has 0 fully saturated rings. The van der Waals surface area contributed by atoms with Crippen LogP contribution in [0.15, 0.2) is 24.3 Å². The highest BCUT2D eigenvalue weighted by Crippen LogP contribution is 2.25. The summed E-state index contributed by atoms with van der Waals surface area (Å²) < 4.78 is 0. The van der Waals surface area contributed by atoms with Gasteiger partial charge in [0.15, 0.2) is 0 Å². The maximum absolute atomic E-state index is 12.2. The zero-order valence-corrected chi connectivity index (χ0v) is 12.8. The van der Waals surface area contributed by atoms with Crippen LogP contribution < -0.4 is 11.1 Å². The zero-order chi connectivity index (χ0) is 15.2. The van der Waals surface area contributed by atoms with Crippen LogP contribution in [-0.4, -0.2) is 24.1 Å². The summed E-state index contributed by atoms with van der Waals surface area (Å²) in [5.74, 6) is -0.105. The maximum atomic E-state index is 12.2. The van der Waals surface area contributed by atoms with Gasteiger partial charge in [-0.1, -0.05) is 37.6 Å². The first-order chi connectivity index (χ1) is 9.49. The van der Waals surface area contributed by atoms with Crippen LogP contribution in [0.25, 0.3) is 0 Å². The van der Waals surface area contributed by atoms with Gasteiger partial charge in [-0.2, -0.15) is 0 Å². The fourth-order valence-electron chi connectivity index (χ4n) is 2.16. The molecule has 5 heteroatoms. The Bertz CT molecular complexity index is 439. The summed E-state index contributed by atoms with van der Waals surface area (Å²) >= 11 is 5.88. The molecule has 0 saturated carbocycles. The van der Waals surface area contributed by atoms with Gasteiger partial charge in [0.05, 0.1) is 11.5 Å². The van der Waals surface area contributed by atoms with E-state index in [0.717, 1.165) is 0 Å². The number of aliphatic hydroxyl groups is 1. The van der Waals surface area contributed by atoms with Gasteiger partial charge in [0.25, 0.3) is 0 Å². The molecule has 1 amide bonds. The van der Waals surface area contributed by atoms with Crippen LogP contribution in [0.1, 0.15) is 38.4 Å². The smallest absolute Gasteiger partial charge is 0.227 e. The number of carbonyl (C=O) groups is 1. The number of hydrogen-bond donors (Lipinski definition) is 3. The molecule has 0 aromatic heterocycles. The molecule has 4 nitrogen and oxygen atoms in total. The van der Waals surface area contributed by atoms with E-state index in [2.05, 4.69) is 5.32 Å². The second-order valence-electron chi connectivity index (χ2n) is 4.97. The molecular weight excluding hydrogens is 276 g/mol. The fourth-order valence-corrected chi connectivity index (χ4v) is 2.36. The minimum Gasteiger partial charge on any atom is -0.387 e. The summed E-state index contributed by atoms with van der Waals surface area (Å²) in [6.07, 6.45) is 0.583. The number of aliphatic hydroxyl groups excluding tert-OH is 1. The molecule has 0 bridgehead atoms. The first-order valence-electron chi connectivity index (χ1n) is 6.91. The van der Waals surface area contributed by atoms with E-state index in [1.165, 1.54) is 0 Å². The Kier molecular flexibility index (Phi) is 6.46. The Morgan fingerprint density at radius 1 is 1.45 bits per heavy atom. The third-order valence-electron chi connectivity index (χ3n) is 3.92. The Morgan fingerprint density at radius 2 is 2.10 bits per heavy atom. The first kappa shape index (κ1) is 17.0.